The zero-order chi connectivity index (χ0) is 9.14. The van der Waals surface area contributed by atoms with Crippen molar-refractivity contribution in [2.75, 3.05) is 13.7 Å². The number of carbonyl (C=O) groups is 1. The van der Waals surface area contributed by atoms with Crippen LogP contribution in [0.25, 0.3) is 0 Å². The minimum absolute atomic E-state index is 0.125. The van der Waals surface area contributed by atoms with E-state index in [0.29, 0.717) is 6.42 Å². The molecule has 1 aliphatic heterocycles. The van der Waals surface area contributed by atoms with E-state index in [0.717, 1.165) is 6.42 Å². The van der Waals surface area contributed by atoms with Crippen molar-refractivity contribution < 1.29 is 15.6 Å². The summed E-state index contributed by atoms with van der Waals surface area (Å²) in [6.07, 6.45) is 1.10. The Morgan fingerprint density at radius 3 is 3.18 bits per heavy atom. The summed E-state index contributed by atoms with van der Waals surface area (Å²) in [4.78, 5) is 11.1. The summed E-state index contributed by atoms with van der Waals surface area (Å²) < 4.78 is 17.2. The Kier molecular flexibility index (Phi) is 2.40. The van der Waals surface area contributed by atoms with Crippen LogP contribution in [0.2, 0.25) is 0 Å². The molecule has 0 aromatic heterocycles. The first kappa shape index (κ1) is 7.10. The van der Waals surface area contributed by atoms with Gasteiger partial charge in [-0.3, -0.25) is 4.79 Å². The van der Waals surface area contributed by atoms with Gasteiger partial charge in [0.15, 0.2) is 0 Å². The van der Waals surface area contributed by atoms with Gasteiger partial charge in [-0.25, -0.2) is 0 Å². The van der Waals surface area contributed by atoms with E-state index in [9.17, 15) is 4.79 Å². The van der Waals surface area contributed by atoms with Gasteiger partial charge in [-0.15, -0.1) is 0 Å². The first-order valence-electron chi connectivity index (χ1n) is 4.42. The summed E-state index contributed by atoms with van der Waals surface area (Å²) in [6.45, 7) is 1.39. The van der Waals surface area contributed by atoms with E-state index >= 15 is 0 Å². The normalized spacial score (nSPS) is 38.4. The molecule has 64 valence electrons. The van der Waals surface area contributed by atoms with Crippen molar-refractivity contribution in [3.63, 3.8) is 0 Å². The standard InChI is InChI=1S/C8H14O3/c1-3-7-6(4-5-11-7)8(9)10-2/h6-7H,3-5H2,1-2H3/t6?,7-/m1/s1/i5T/t5?,6?,7-. The maximum atomic E-state index is 11.1. The number of ether oxygens (including phenoxy) is 2. The highest BCUT2D eigenvalue weighted by Crippen LogP contribution is 2.23. The number of methoxy groups -OCH3 is 1. The van der Waals surface area contributed by atoms with Gasteiger partial charge >= 0.3 is 5.97 Å². The molecule has 0 aromatic carbocycles. The molecule has 0 amide bonds. The van der Waals surface area contributed by atoms with Gasteiger partial charge in [0, 0.05) is 6.58 Å². The third-order valence-corrected chi connectivity index (χ3v) is 1.98. The zero-order valence-corrected chi connectivity index (χ0v) is 6.87. The molecule has 3 heteroatoms. The van der Waals surface area contributed by atoms with Gasteiger partial charge < -0.3 is 9.47 Å². The average Bonchev–Trinajstić information content (AvgIpc) is 2.45. The van der Waals surface area contributed by atoms with Crippen molar-refractivity contribution >= 4 is 5.97 Å². The summed E-state index contributed by atoms with van der Waals surface area (Å²) in [5, 5.41) is 0. The smallest absolute Gasteiger partial charge is 0.311 e. The molecular formula is C8H14O3. The Labute approximate surface area is 68.1 Å². The number of rotatable bonds is 2. The lowest BCUT2D eigenvalue weighted by atomic mass is 10.0. The quantitative estimate of drug-likeness (QED) is 0.565. The van der Waals surface area contributed by atoms with Crippen LogP contribution in [-0.4, -0.2) is 25.8 Å². The molecule has 11 heavy (non-hydrogen) atoms. The minimum atomic E-state index is -0.556. The van der Waals surface area contributed by atoms with Crippen molar-refractivity contribution in [2.24, 2.45) is 5.92 Å². The van der Waals surface area contributed by atoms with Gasteiger partial charge in [0.1, 0.15) is 0 Å². The van der Waals surface area contributed by atoms with Gasteiger partial charge in [-0.2, -0.15) is 0 Å². The molecule has 0 N–H and O–H groups in total. The molecule has 1 rings (SSSR count). The van der Waals surface area contributed by atoms with Crippen molar-refractivity contribution in [3.8, 4) is 0 Å². The number of hydrogen-bond donors (Lipinski definition) is 0. The molecule has 1 saturated heterocycles. The van der Waals surface area contributed by atoms with Gasteiger partial charge in [-0.1, -0.05) is 6.92 Å². The predicted molar refractivity (Wildman–Crippen MR) is 40.2 cm³/mol. The third-order valence-electron chi connectivity index (χ3n) is 1.98. The predicted octanol–water partition coefficient (Wildman–Crippen LogP) is 0.974. The molecule has 0 bridgehead atoms. The largest absolute Gasteiger partial charge is 0.469 e. The van der Waals surface area contributed by atoms with Gasteiger partial charge in [0.25, 0.3) is 0 Å². The first-order valence-corrected chi connectivity index (χ1v) is 3.84. The molecule has 0 aliphatic carbocycles. The maximum absolute atomic E-state index is 11.1. The summed E-state index contributed by atoms with van der Waals surface area (Å²) in [7, 11) is 1.37. The fourth-order valence-electron chi connectivity index (χ4n) is 1.31. The lowest BCUT2D eigenvalue weighted by Crippen LogP contribution is -2.24. The molecule has 0 radical (unpaired) electrons. The Morgan fingerprint density at radius 2 is 2.64 bits per heavy atom. The van der Waals surface area contributed by atoms with Gasteiger partial charge in [0.05, 0.1) is 20.5 Å². The van der Waals surface area contributed by atoms with Crippen LogP contribution < -0.4 is 0 Å². The highest BCUT2D eigenvalue weighted by atomic mass is 16.5. The van der Waals surface area contributed by atoms with Gasteiger partial charge in [0.2, 0.25) is 0 Å². The van der Waals surface area contributed by atoms with E-state index in [4.69, 9.17) is 6.11 Å². The second kappa shape index (κ2) is 3.72. The van der Waals surface area contributed by atoms with E-state index in [1.807, 2.05) is 6.92 Å². The molecule has 0 saturated carbocycles. The molecule has 2 unspecified atom stereocenters. The van der Waals surface area contributed by atoms with Crippen molar-refractivity contribution in [3.05, 3.63) is 0 Å². The molecule has 1 heterocycles. The fourth-order valence-corrected chi connectivity index (χ4v) is 1.31. The lowest BCUT2D eigenvalue weighted by Gasteiger charge is -2.13. The first-order chi connectivity index (χ1) is 5.69. The summed E-state index contributed by atoms with van der Waals surface area (Å²) in [6, 6.07) is 0. The topological polar surface area (TPSA) is 35.5 Å². The highest BCUT2D eigenvalue weighted by Gasteiger charge is 2.33. The monoisotopic (exact) mass is 160 g/mol. The van der Waals surface area contributed by atoms with Crippen LogP contribution in [0.5, 0.6) is 0 Å². The molecular weight excluding hydrogens is 144 g/mol. The van der Waals surface area contributed by atoms with Crippen LogP contribution in [-0.2, 0) is 14.3 Å². The van der Waals surface area contributed by atoms with Crippen LogP contribution in [0.1, 0.15) is 21.1 Å². The Morgan fingerprint density at radius 1 is 1.91 bits per heavy atom. The maximum Gasteiger partial charge on any atom is 0.311 e. The van der Waals surface area contributed by atoms with E-state index < -0.39 is 6.58 Å². The molecule has 1 fully saturated rings. The molecule has 3 nitrogen and oxygen atoms in total. The van der Waals surface area contributed by atoms with E-state index in [2.05, 4.69) is 4.74 Å². The number of hydrogen-bond acceptors (Lipinski definition) is 3. The summed E-state index contributed by atoms with van der Waals surface area (Å²) in [5.41, 5.74) is 0. The second-order valence-corrected chi connectivity index (χ2v) is 2.61. The summed E-state index contributed by atoms with van der Waals surface area (Å²) >= 11 is 0. The Hall–Kier alpha value is -0.570. The molecule has 0 aromatic rings. The molecule has 0 spiro atoms. The van der Waals surface area contributed by atoms with Crippen molar-refractivity contribution in [1.82, 2.24) is 0 Å². The fraction of sp³-hybridized carbons (Fsp3) is 0.875. The Bertz CT molecular complexity index is 172. The third kappa shape index (κ3) is 1.71. The lowest BCUT2D eigenvalue weighted by molar-refractivity contribution is -0.147. The SMILES string of the molecule is [3H]C1CC(C(=O)OC)[C@@H](CC)O1. The Balaban J connectivity index is 2.57. The summed E-state index contributed by atoms with van der Waals surface area (Å²) in [5.74, 6) is -0.487. The van der Waals surface area contributed by atoms with Crippen LogP contribution >= 0.6 is 0 Å². The van der Waals surface area contributed by atoms with Crippen molar-refractivity contribution in [2.45, 2.75) is 25.9 Å². The second-order valence-electron chi connectivity index (χ2n) is 2.61. The van der Waals surface area contributed by atoms with E-state index in [1.165, 1.54) is 7.11 Å². The van der Waals surface area contributed by atoms with E-state index in [1.54, 1.807) is 0 Å². The van der Waals surface area contributed by atoms with Crippen molar-refractivity contribution in [1.29, 1.82) is 0 Å². The number of carbonyl (C=O) groups excluding carboxylic acids is 1. The molecule has 3 atom stereocenters. The van der Waals surface area contributed by atoms with E-state index in [-0.39, 0.29) is 18.0 Å². The average molecular weight is 160 g/mol. The van der Waals surface area contributed by atoms with Crippen LogP contribution in [0, 0.1) is 5.92 Å². The van der Waals surface area contributed by atoms with Crippen LogP contribution in [0.4, 0.5) is 0 Å². The number of esters is 1. The zero-order valence-electron chi connectivity index (χ0n) is 7.87. The van der Waals surface area contributed by atoms with Gasteiger partial charge in [-0.05, 0) is 12.8 Å². The highest BCUT2D eigenvalue weighted by molar-refractivity contribution is 5.73. The molecule has 1 aliphatic rings. The van der Waals surface area contributed by atoms with Crippen LogP contribution in [0.15, 0.2) is 0 Å². The minimum Gasteiger partial charge on any atom is -0.469 e. The van der Waals surface area contributed by atoms with Crippen LogP contribution in [0.3, 0.4) is 0 Å².